The zero-order chi connectivity index (χ0) is 14.1. The normalized spacial score (nSPS) is 8.67. The van der Waals surface area contributed by atoms with Crippen LogP contribution in [0, 0.1) is 13.8 Å². The van der Waals surface area contributed by atoms with E-state index in [9.17, 15) is 0 Å². The molecule has 0 radical (unpaired) electrons. The van der Waals surface area contributed by atoms with E-state index in [1.807, 2.05) is 49.5 Å². The summed E-state index contributed by atoms with van der Waals surface area (Å²) in [5, 5.41) is 13.9. The van der Waals surface area contributed by atoms with Crippen molar-refractivity contribution in [2.45, 2.75) is 13.8 Å². The van der Waals surface area contributed by atoms with Gasteiger partial charge in [0.15, 0.2) is 0 Å². The van der Waals surface area contributed by atoms with Crippen molar-refractivity contribution in [1.29, 1.82) is 0 Å². The van der Waals surface area contributed by atoms with Crippen LogP contribution in [-0.2, 0) is 14.1 Å². The molecule has 0 saturated heterocycles. The van der Waals surface area contributed by atoms with Crippen LogP contribution >= 0.6 is 0 Å². The summed E-state index contributed by atoms with van der Waals surface area (Å²) in [5.41, 5.74) is 0. The summed E-state index contributed by atoms with van der Waals surface area (Å²) < 4.78 is 3.94. The van der Waals surface area contributed by atoms with Gasteiger partial charge in [-0.25, -0.2) is 14.8 Å². The van der Waals surface area contributed by atoms with Crippen molar-refractivity contribution in [3.05, 3.63) is 36.4 Å². The first kappa shape index (κ1) is 15.7. The lowest BCUT2D eigenvalue weighted by molar-refractivity contribution is 0.137. The fourth-order valence-electron chi connectivity index (χ4n) is 0.880. The summed E-state index contributed by atoms with van der Waals surface area (Å²) in [4.78, 5) is 16.5. The van der Waals surface area contributed by atoms with E-state index in [0.29, 0.717) is 0 Å². The second-order valence-electron chi connectivity index (χ2n) is 3.45. The van der Waals surface area contributed by atoms with E-state index >= 15 is 0 Å². The molecule has 0 spiro atoms. The molecule has 18 heavy (non-hydrogen) atoms. The molecule has 0 aliphatic heterocycles. The molecule has 0 aliphatic carbocycles. The summed E-state index contributed by atoms with van der Waals surface area (Å²) in [5.74, 6) is 2.11. The Morgan fingerprint density at radius 1 is 1.00 bits per heavy atom. The minimum absolute atomic E-state index is 1.06. The highest BCUT2D eigenvalue weighted by Crippen LogP contribution is 1.87. The summed E-state index contributed by atoms with van der Waals surface area (Å²) in [7, 11) is 3.95. The Labute approximate surface area is 105 Å². The Balaban J connectivity index is 0.000000253. The highest BCUT2D eigenvalue weighted by atomic mass is 16.6. The Hall–Kier alpha value is -2.31. The number of aromatic nitrogens is 4. The fourth-order valence-corrected chi connectivity index (χ4v) is 0.880. The fraction of sp³-hybridized carbons (Fsp3) is 0.364. The van der Waals surface area contributed by atoms with Gasteiger partial charge in [0.2, 0.25) is 0 Å². The first-order chi connectivity index (χ1) is 8.34. The molecule has 7 nitrogen and oxygen atoms in total. The molecule has 100 valence electrons. The van der Waals surface area contributed by atoms with Crippen molar-refractivity contribution in [3.63, 3.8) is 0 Å². The van der Waals surface area contributed by atoms with E-state index in [1.165, 1.54) is 0 Å². The highest BCUT2D eigenvalue weighted by molar-refractivity contribution is 5.53. The molecule has 2 N–H and O–H groups in total. The number of imidazole rings is 2. The maximum atomic E-state index is 8.56. The number of nitrogens with zero attached hydrogens (tertiary/aromatic N) is 4. The third-order valence-corrected chi connectivity index (χ3v) is 2.12. The van der Waals surface area contributed by atoms with Crippen LogP contribution in [0.15, 0.2) is 24.8 Å². The summed E-state index contributed by atoms with van der Waals surface area (Å²) in [6, 6.07) is 0. The van der Waals surface area contributed by atoms with E-state index in [-0.39, 0.29) is 0 Å². The predicted molar refractivity (Wildman–Crippen MR) is 66.5 cm³/mol. The average molecular weight is 254 g/mol. The van der Waals surface area contributed by atoms with Gasteiger partial charge in [0.25, 0.3) is 0 Å². The van der Waals surface area contributed by atoms with Gasteiger partial charge in [-0.3, -0.25) is 0 Å². The van der Waals surface area contributed by atoms with Gasteiger partial charge in [0.1, 0.15) is 11.6 Å². The van der Waals surface area contributed by atoms with Crippen molar-refractivity contribution in [2.24, 2.45) is 14.1 Å². The molecule has 0 aliphatic rings. The van der Waals surface area contributed by atoms with E-state index in [1.54, 1.807) is 12.4 Å². The van der Waals surface area contributed by atoms with Gasteiger partial charge in [-0.05, 0) is 13.8 Å². The Kier molecular flexibility index (Phi) is 6.87. The van der Waals surface area contributed by atoms with Gasteiger partial charge in [0, 0.05) is 38.9 Å². The van der Waals surface area contributed by atoms with E-state index in [0.717, 1.165) is 11.6 Å². The third kappa shape index (κ3) is 7.04. The van der Waals surface area contributed by atoms with Crippen LogP contribution in [0.4, 0.5) is 4.79 Å². The zero-order valence-corrected chi connectivity index (χ0v) is 10.9. The van der Waals surface area contributed by atoms with Crippen molar-refractivity contribution in [1.82, 2.24) is 19.1 Å². The Bertz CT molecular complexity index is 401. The summed E-state index contributed by atoms with van der Waals surface area (Å²) in [6.07, 6.45) is 5.59. The van der Waals surface area contributed by atoms with Gasteiger partial charge >= 0.3 is 6.16 Å². The lowest BCUT2D eigenvalue weighted by Gasteiger charge is -1.87. The van der Waals surface area contributed by atoms with Gasteiger partial charge < -0.3 is 19.3 Å². The van der Waals surface area contributed by atoms with Crippen molar-refractivity contribution in [2.75, 3.05) is 0 Å². The number of carbonyl (C=O) groups is 1. The van der Waals surface area contributed by atoms with Gasteiger partial charge in [-0.2, -0.15) is 0 Å². The SMILES string of the molecule is Cc1nccn1C.Cc1nccn1C.O=C(O)O. The largest absolute Gasteiger partial charge is 0.503 e. The zero-order valence-electron chi connectivity index (χ0n) is 10.9. The van der Waals surface area contributed by atoms with E-state index in [2.05, 4.69) is 9.97 Å². The molecule has 2 aromatic rings. The molecule has 2 aromatic heterocycles. The van der Waals surface area contributed by atoms with Crippen LogP contribution in [0.3, 0.4) is 0 Å². The van der Waals surface area contributed by atoms with Crippen LogP contribution in [0.2, 0.25) is 0 Å². The summed E-state index contributed by atoms with van der Waals surface area (Å²) >= 11 is 0. The highest BCUT2D eigenvalue weighted by Gasteiger charge is 1.84. The lowest BCUT2D eigenvalue weighted by Crippen LogP contribution is -1.86. The van der Waals surface area contributed by atoms with E-state index in [4.69, 9.17) is 15.0 Å². The monoisotopic (exact) mass is 254 g/mol. The molecular formula is C11H18N4O3. The first-order valence-corrected chi connectivity index (χ1v) is 5.14. The van der Waals surface area contributed by atoms with Crippen molar-refractivity contribution >= 4 is 6.16 Å². The molecule has 2 heterocycles. The Morgan fingerprint density at radius 2 is 1.28 bits per heavy atom. The van der Waals surface area contributed by atoms with Crippen LogP contribution in [-0.4, -0.2) is 35.5 Å². The molecule has 0 amide bonds. The number of carboxylic acid groups (broad SMARTS) is 2. The maximum Gasteiger partial charge on any atom is 0.503 e. The van der Waals surface area contributed by atoms with Crippen LogP contribution in [0.5, 0.6) is 0 Å². The van der Waals surface area contributed by atoms with Crippen molar-refractivity contribution in [3.8, 4) is 0 Å². The molecule has 0 fully saturated rings. The van der Waals surface area contributed by atoms with Gasteiger partial charge in [0.05, 0.1) is 0 Å². The second-order valence-corrected chi connectivity index (χ2v) is 3.45. The van der Waals surface area contributed by atoms with Crippen LogP contribution in [0.25, 0.3) is 0 Å². The molecule has 0 saturated carbocycles. The first-order valence-electron chi connectivity index (χ1n) is 5.14. The molecule has 2 rings (SSSR count). The number of hydrogen-bond acceptors (Lipinski definition) is 3. The van der Waals surface area contributed by atoms with Crippen LogP contribution in [0.1, 0.15) is 11.6 Å². The lowest BCUT2D eigenvalue weighted by atomic mass is 10.7. The molecule has 0 bridgehead atoms. The Morgan fingerprint density at radius 3 is 1.33 bits per heavy atom. The quantitative estimate of drug-likeness (QED) is 0.746. The molecular weight excluding hydrogens is 236 g/mol. The number of aryl methyl sites for hydroxylation is 4. The summed E-state index contributed by atoms with van der Waals surface area (Å²) in [6.45, 7) is 3.94. The second kappa shape index (κ2) is 7.88. The average Bonchev–Trinajstić information content (AvgIpc) is 2.79. The van der Waals surface area contributed by atoms with E-state index < -0.39 is 6.16 Å². The standard InChI is InChI=1S/2C5H8N2.CH2O3/c2*1-5-6-3-4-7(5)2;2-1(3)4/h2*3-4H,1-2H3;(H2,2,3,4). The smallest absolute Gasteiger partial charge is 0.450 e. The van der Waals surface area contributed by atoms with Gasteiger partial charge in [-0.1, -0.05) is 0 Å². The van der Waals surface area contributed by atoms with Gasteiger partial charge in [-0.15, -0.1) is 0 Å². The van der Waals surface area contributed by atoms with Crippen molar-refractivity contribution < 1.29 is 15.0 Å². The topological polar surface area (TPSA) is 93.2 Å². The minimum atomic E-state index is -1.83. The molecule has 0 aromatic carbocycles. The molecule has 0 atom stereocenters. The number of rotatable bonds is 0. The van der Waals surface area contributed by atoms with Crippen LogP contribution < -0.4 is 0 Å². The molecule has 7 heteroatoms. The number of hydrogen-bond donors (Lipinski definition) is 2. The maximum absolute atomic E-state index is 8.56. The molecule has 0 unspecified atom stereocenters. The predicted octanol–water partition coefficient (Wildman–Crippen LogP) is 1.68. The minimum Gasteiger partial charge on any atom is -0.450 e. The third-order valence-electron chi connectivity index (χ3n) is 2.12.